The van der Waals surface area contributed by atoms with Crippen LogP contribution in [0.25, 0.3) is 0 Å². The van der Waals surface area contributed by atoms with Crippen molar-refractivity contribution in [2.24, 2.45) is 11.7 Å². The van der Waals surface area contributed by atoms with Gasteiger partial charge in [0.15, 0.2) is 5.78 Å². The van der Waals surface area contributed by atoms with Gasteiger partial charge in [0.25, 0.3) is 0 Å². The van der Waals surface area contributed by atoms with Crippen LogP contribution in [0.5, 0.6) is 5.75 Å². The van der Waals surface area contributed by atoms with Crippen molar-refractivity contribution in [2.75, 3.05) is 13.2 Å². The standard InChI is InChI=1S/C14H18BrNO2/c1-9-6-11(13(17)4-5-16)14(12(15)7-9)18-8-10-2-3-10/h6-7,10H,2-5,8,16H2,1H3. The van der Waals surface area contributed by atoms with Crippen LogP contribution >= 0.6 is 15.9 Å². The number of hydrogen-bond acceptors (Lipinski definition) is 3. The van der Waals surface area contributed by atoms with E-state index >= 15 is 0 Å². The molecule has 1 aliphatic carbocycles. The Labute approximate surface area is 116 Å². The molecule has 98 valence electrons. The van der Waals surface area contributed by atoms with E-state index in [1.165, 1.54) is 12.8 Å². The molecular formula is C14H18BrNO2. The van der Waals surface area contributed by atoms with E-state index in [-0.39, 0.29) is 5.78 Å². The fraction of sp³-hybridized carbons (Fsp3) is 0.500. The second-order valence-electron chi connectivity index (χ2n) is 4.84. The van der Waals surface area contributed by atoms with E-state index in [1.54, 1.807) is 0 Å². The van der Waals surface area contributed by atoms with E-state index in [1.807, 2.05) is 19.1 Å². The summed E-state index contributed by atoms with van der Waals surface area (Å²) in [6, 6.07) is 3.85. The first-order chi connectivity index (χ1) is 8.61. The predicted octanol–water partition coefficient (Wildman–Crippen LogP) is 3.08. The lowest BCUT2D eigenvalue weighted by atomic mass is 10.0. The molecule has 1 aliphatic rings. The van der Waals surface area contributed by atoms with Crippen molar-refractivity contribution >= 4 is 21.7 Å². The molecule has 0 radical (unpaired) electrons. The molecule has 0 saturated heterocycles. The molecule has 2 rings (SSSR count). The van der Waals surface area contributed by atoms with Crippen molar-refractivity contribution in [2.45, 2.75) is 26.2 Å². The number of benzene rings is 1. The van der Waals surface area contributed by atoms with Gasteiger partial charge in [-0.05, 0) is 65.9 Å². The van der Waals surface area contributed by atoms with Crippen molar-refractivity contribution in [3.8, 4) is 5.75 Å². The Hall–Kier alpha value is -0.870. The Morgan fingerprint density at radius 2 is 2.22 bits per heavy atom. The number of ketones is 1. The Bertz CT molecular complexity index is 455. The minimum absolute atomic E-state index is 0.0488. The number of carbonyl (C=O) groups is 1. The number of rotatable bonds is 6. The van der Waals surface area contributed by atoms with E-state index < -0.39 is 0 Å². The molecule has 0 aliphatic heterocycles. The van der Waals surface area contributed by atoms with E-state index in [0.717, 1.165) is 10.0 Å². The fourth-order valence-corrected chi connectivity index (χ4v) is 2.52. The number of Topliss-reactive ketones (excluding diaryl/α,β-unsaturated/α-hetero) is 1. The van der Waals surface area contributed by atoms with Crippen LogP contribution in [0.2, 0.25) is 0 Å². The third-order valence-electron chi connectivity index (χ3n) is 3.02. The third kappa shape index (κ3) is 3.33. The molecule has 2 N–H and O–H groups in total. The summed E-state index contributed by atoms with van der Waals surface area (Å²) in [5.74, 6) is 1.38. The summed E-state index contributed by atoms with van der Waals surface area (Å²) in [7, 11) is 0. The number of aryl methyl sites for hydroxylation is 1. The topological polar surface area (TPSA) is 52.3 Å². The summed E-state index contributed by atoms with van der Waals surface area (Å²) in [6.07, 6.45) is 2.82. The van der Waals surface area contributed by atoms with Crippen LogP contribution in [0.3, 0.4) is 0 Å². The van der Waals surface area contributed by atoms with Gasteiger partial charge in [0.05, 0.1) is 16.6 Å². The van der Waals surface area contributed by atoms with E-state index in [9.17, 15) is 4.79 Å². The summed E-state index contributed by atoms with van der Waals surface area (Å²) in [5, 5.41) is 0. The Morgan fingerprint density at radius 1 is 1.50 bits per heavy atom. The molecule has 3 nitrogen and oxygen atoms in total. The second-order valence-corrected chi connectivity index (χ2v) is 5.69. The van der Waals surface area contributed by atoms with Crippen LogP contribution in [-0.4, -0.2) is 18.9 Å². The summed E-state index contributed by atoms with van der Waals surface area (Å²) < 4.78 is 6.66. The van der Waals surface area contributed by atoms with Crippen molar-refractivity contribution in [1.82, 2.24) is 0 Å². The zero-order chi connectivity index (χ0) is 13.1. The quantitative estimate of drug-likeness (QED) is 0.821. The van der Waals surface area contributed by atoms with Gasteiger partial charge in [-0.3, -0.25) is 4.79 Å². The highest BCUT2D eigenvalue weighted by atomic mass is 79.9. The zero-order valence-corrected chi connectivity index (χ0v) is 12.1. The minimum atomic E-state index is 0.0488. The van der Waals surface area contributed by atoms with Crippen LogP contribution < -0.4 is 10.5 Å². The smallest absolute Gasteiger partial charge is 0.167 e. The van der Waals surface area contributed by atoms with Gasteiger partial charge in [-0.1, -0.05) is 0 Å². The number of ether oxygens (including phenoxy) is 1. The molecule has 0 bridgehead atoms. The van der Waals surface area contributed by atoms with Gasteiger partial charge >= 0.3 is 0 Å². The van der Waals surface area contributed by atoms with Gasteiger partial charge in [0, 0.05) is 6.42 Å². The summed E-state index contributed by atoms with van der Waals surface area (Å²) in [5.41, 5.74) is 7.14. The molecule has 18 heavy (non-hydrogen) atoms. The van der Waals surface area contributed by atoms with Crippen molar-refractivity contribution in [3.05, 3.63) is 27.7 Å². The van der Waals surface area contributed by atoms with Crippen LogP contribution in [-0.2, 0) is 0 Å². The van der Waals surface area contributed by atoms with Crippen LogP contribution in [0.15, 0.2) is 16.6 Å². The monoisotopic (exact) mass is 311 g/mol. The third-order valence-corrected chi connectivity index (χ3v) is 3.61. The molecule has 0 atom stereocenters. The zero-order valence-electron chi connectivity index (χ0n) is 10.5. The highest BCUT2D eigenvalue weighted by Crippen LogP contribution is 2.35. The largest absolute Gasteiger partial charge is 0.491 e. The van der Waals surface area contributed by atoms with Crippen LogP contribution in [0, 0.1) is 12.8 Å². The predicted molar refractivity (Wildman–Crippen MR) is 75.1 cm³/mol. The molecule has 4 heteroatoms. The van der Waals surface area contributed by atoms with E-state index in [4.69, 9.17) is 10.5 Å². The molecule has 1 fully saturated rings. The molecule has 1 aromatic carbocycles. The molecule has 0 unspecified atom stereocenters. The first-order valence-electron chi connectivity index (χ1n) is 6.28. The maximum Gasteiger partial charge on any atom is 0.167 e. The Morgan fingerprint density at radius 3 is 2.83 bits per heavy atom. The highest BCUT2D eigenvalue weighted by Gasteiger charge is 2.24. The van der Waals surface area contributed by atoms with Crippen molar-refractivity contribution in [1.29, 1.82) is 0 Å². The van der Waals surface area contributed by atoms with Gasteiger partial charge < -0.3 is 10.5 Å². The molecule has 0 heterocycles. The SMILES string of the molecule is Cc1cc(Br)c(OCC2CC2)c(C(=O)CCN)c1. The van der Waals surface area contributed by atoms with Gasteiger partial charge in [-0.2, -0.15) is 0 Å². The molecular weight excluding hydrogens is 294 g/mol. The first-order valence-corrected chi connectivity index (χ1v) is 7.07. The molecule has 0 spiro atoms. The maximum atomic E-state index is 12.0. The van der Waals surface area contributed by atoms with Crippen molar-refractivity contribution < 1.29 is 9.53 Å². The second kappa shape index (κ2) is 5.85. The van der Waals surface area contributed by atoms with E-state index in [2.05, 4.69) is 15.9 Å². The lowest BCUT2D eigenvalue weighted by Gasteiger charge is -2.13. The lowest BCUT2D eigenvalue weighted by molar-refractivity contribution is 0.0981. The van der Waals surface area contributed by atoms with Gasteiger partial charge in [0.2, 0.25) is 0 Å². The Kier molecular flexibility index (Phi) is 4.40. The van der Waals surface area contributed by atoms with Gasteiger partial charge in [0.1, 0.15) is 5.75 Å². The fourth-order valence-electron chi connectivity index (χ4n) is 1.83. The van der Waals surface area contributed by atoms with Gasteiger partial charge in [-0.25, -0.2) is 0 Å². The first kappa shape index (κ1) is 13.6. The van der Waals surface area contributed by atoms with Crippen LogP contribution in [0.4, 0.5) is 0 Å². The number of halogens is 1. The van der Waals surface area contributed by atoms with Crippen LogP contribution in [0.1, 0.15) is 35.2 Å². The normalized spacial score (nSPS) is 14.6. The summed E-state index contributed by atoms with van der Waals surface area (Å²) in [6.45, 7) is 3.03. The number of nitrogens with two attached hydrogens (primary N) is 1. The molecule has 0 amide bonds. The van der Waals surface area contributed by atoms with Crippen molar-refractivity contribution in [3.63, 3.8) is 0 Å². The van der Waals surface area contributed by atoms with Gasteiger partial charge in [-0.15, -0.1) is 0 Å². The molecule has 1 aromatic rings. The van der Waals surface area contributed by atoms with E-state index in [0.29, 0.717) is 36.8 Å². The number of carbonyl (C=O) groups excluding carboxylic acids is 1. The lowest BCUT2D eigenvalue weighted by Crippen LogP contribution is -2.11. The average molecular weight is 312 g/mol. The number of hydrogen-bond donors (Lipinski definition) is 1. The maximum absolute atomic E-state index is 12.0. The molecule has 1 saturated carbocycles. The average Bonchev–Trinajstić information content (AvgIpc) is 3.11. The summed E-state index contributed by atoms with van der Waals surface area (Å²) in [4.78, 5) is 12.0. The summed E-state index contributed by atoms with van der Waals surface area (Å²) >= 11 is 3.48. The highest BCUT2D eigenvalue weighted by molar-refractivity contribution is 9.10. The minimum Gasteiger partial charge on any atom is -0.491 e. The molecule has 0 aromatic heterocycles. The Balaban J connectivity index is 2.24.